The molecule has 1 amide bonds. The van der Waals surface area contributed by atoms with Crippen LogP contribution in [0.25, 0.3) is 0 Å². The van der Waals surface area contributed by atoms with Gasteiger partial charge in [-0.1, -0.05) is 11.6 Å². The van der Waals surface area contributed by atoms with Gasteiger partial charge in [0, 0.05) is 17.7 Å². The van der Waals surface area contributed by atoms with Crippen molar-refractivity contribution in [2.24, 2.45) is 0 Å². The second-order valence-corrected chi connectivity index (χ2v) is 5.71. The van der Waals surface area contributed by atoms with Gasteiger partial charge in [-0.25, -0.2) is 0 Å². The van der Waals surface area contributed by atoms with Crippen molar-refractivity contribution >= 4 is 46.2 Å². The van der Waals surface area contributed by atoms with E-state index in [2.05, 4.69) is 10.6 Å². The second kappa shape index (κ2) is 8.45. The number of carbonyl (C=O) groups excluding carboxylic acids is 1. The van der Waals surface area contributed by atoms with Crippen LogP contribution in [0.2, 0.25) is 5.02 Å². The van der Waals surface area contributed by atoms with Gasteiger partial charge in [0.15, 0.2) is 16.6 Å². The highest BCUT2D eigenvalue weighted by Gasteiger charge is 2.14. The molecule has 2 aromatic carbocycles. The van der Waals surface area contributed by atoms with E-state index in [1.54, 1.807) is 12.1 Å². The summed E-state index contributed by atoms with van der Waals surface area (Å²) < 4.78 is 10.3. The summed E-state index contributed by atoms with van der Waals surface area (Å²) in [5.41, 5.74) is 0.484. The van der Waals surface area contributed by atoms with Crippen LogP contribution in [-0.4, -0.2) is 30.2 Å². The van der Waals surface area contributed by atoms with Gasteiger partial charge in [-0.3, -0.25) is 20.2 Å². The van der Waals surface area contributed by atoms with Crippen LogP contribution in [0.1, 0.15) is 10.4 Å². The quantitative estimate of drug-likeness (QED) is 0.454. The molecule has 0 spiro atoms. The maximum atomic E-state index is 12.3. The molecule has 0 atom stereocenters. The Morgan fingerprint density at radius 3 is 2.42 bits per heavy atom. The fourth-order valence-corrected chi connectivity index (χ4v) is 2.45. The van der Waals surface area contributed by atoms with Gasteiger partial charge in [-0.15, -0.1) is 0 Å². The van der Waals surface area contributed by atoms with E-state index in [1.165, 1.54) is 38.5 Å². The summed E-state index contributed by atoms with van der Waals surface area (Å²) >= 11 is 11.0. The number of hydrogen-bond acceptors (Lipinski definition) is 6. The number of nitrogens with zero attached hydrogens (tertiary/aromatic N) is 1. The molecule has 2 aromatic rings. The molecular formula is C16H14ClN3O5S. The summed E-state index contributed by atoms with van der Waals surface area (Å²) in [4.78, 5) is 22.4. The number of nitro groups is 1. The normalized spacial score (nSPS) is 9.96. The van der Waals surface area contributed by atoms with Crippen LogP contribution in [0.3, 0.4) is 0 Å². The first-order chi connectivity index (χ1) is 12.3. The lowest BCUT2D eigenvalue weighted by Gasteiger charge is -2.12. The molecule has 0 saturated carbocycles. The number of amides is 1. The van der Waals surface area contributed by atoms with Gasteiger partial charge in [-0.05, 0) is 36.5 Å². The van der Waals surface area contributed by atoms with E-state index in [9.17, 15) is 14.9 Å². The third-order valence-corrected chi connectivity index (χ3v) is 3.80. The predicted molar refractivity (Wildman–Crippen MR) is 101 cm³/mol. The molecule has 136 valence electrons. The minimum atomic E-state index is -0.563. The van der Waals surface area contributed by atoms with Crippen LogP contribution < -0.4 is 20.1 Å². The van der Waals surface area contributed by atoms with Crippen LogP contribution in [0, 0.1) is 10.1 Å². The number of methoxy groups -OCH3 is 2. The SMILES string of the molecule is COc1ccc(C(=O)NC(=S)Nc2ccc([N+](=O)[O-])cc2Cl)cc1OC. The zero-order chi connectivity index (χ0) is 19.3. The number of nitrogens with one attached hydrogen (secondary N) is 2. The van der Waals surface area contributed by atoms with Crippen molar-refractivity contribution in [1.29, 1.82) is 0 Å². The van der Waals surface area contributed by atoms with Gasteiger partial charge in [0.1, 0.15) is 0 Å². The number of hydrogen-bond donors (Lipinski definition) is 2. The molecule has 0 heterocycles. The summed E-state index contributed by atoms with van der Waals surface area (Å²) in [5.74, 6) is 0.418. The zero-order valence-corrected chi connectivity index (χ0v) is 15.3. The predicted octanol–water partition coefficient (Wildman–Crippen LogP) is 3.39. The fraction of sp³-hybridized carbons (Fsp3) is 0.125. The lowest BCUT2D eigenvalue weighted by Crippen LogP contribution is -2.34. The molecule has 0 aromatic heterocycles. The molecule has 2 rings (SSSR count). The first-order valence-electron chi connectivity index (χ1n) is 7.14. The lowest BCUT2D eigenvalue weighted by atomic mass is 10.2. The fourth-order valence-electron chi connectivity index (χ4n) is 2.03. The van der Waals surface area contributed by atoms with Gasteiger partial charge in [0.25, 0.3) is 11.6 Å². The van der Waals surface area contributed by atoms with Crippen LogP contribution in [0.15, 0.2) is 36.4 Å². The van der Waals surface area contributed by atoms with Gasteiger partial charge in [0.2, 0.25) is 0 Å². The second-order valence-electron chi connectivity index (χ2n) is 4.90. The highest BCUT2D eigenvalue weighted by Crippen LogP contribution is 2.28. The lowest BCUT2D eigenvalue weighted by molar-refractivity contribution is -0.384. The highest BCUT2D eigenvalue weighted by atomic mass is 35.5. The Hall–Kier alpha value is -2.91. The highest BCUT2D eigenvalue weighted by molar-refractivity contribution is 7.80. The van der Waals surface area contributed by atoms with Gasteiger partial charge in [-0.2, -0.15) is 0 Å². The largest absolute Gasteiger partial charge is 0.493 e. The van der Waals surface area contributed by atoms with Crippen LogP contribution in [0.4, 0.5) is 11.4 Å². The number of nitro benzene ring substituents is 1. The average Bonchev–Trinajstić information content (AvgIpc) is 2.62. The molecule has 0 saturated heterocycles. The summed E-state index contributed by atoms with van der Waals surface area (Å²) in [6.45, 7) is 0. The summed E-state index contributed by atoms with van der Waals surface area (Å²) in [7, 11) is 2.95. The van der Waals surface area contributed by atoms with Crippen molar-refractivity contribution in [3.63, 3.8) is 0 Å². The van der Waals surface area contributed by atoms with E-state index in [-0.39, 0.29) is 15.8 Å². The monoisotopic (exact) mass is 395 g/mol. The van der Waals surface area contributed by atoms with Crippen LogP contribution >= 0.6 is 23.8 Å². The molecule has 0 aliphatic rings. The Morgan fingerprint density at radius 1 is 1.15 bits per heavy atom. The van der Waals surface area contributed by atoms with Crippen molar-refractivity contribution in [3.05, 3.63) is 57.1 Å². The van der Waals surface area contributed by atoms with E-state index in [0.717, 1.165) is 0 Å². The molecule has 26 heavy (non-hydrogen) atoms. The Labute approximate surface area is 159 Å². The number of carbonyl (C=O) groups is 1. The van der Waals surface area contributed by atoms with Crippen LogP contribution in [-0.2, 0) is 0 Å². The minimum absolute atomic E-state index is 0.0134. The molecule has 0 fully saturated rings. The van der Waals surface area contributed by atoms with E-state index in [4.69, 9.17) is 33.3 Å². The van der Waals surface area contributed by atoms with Gasteiger partial charge >= 0.3 is 0 Å². The Bertz CT molecular complexity index is 875. The third kappa shape index (κ3) is 4.58. The maximum absolute atomic E-state index is 12.3. The standard InChI is InChI=1S/C16H14ClN3O5S/c1-24-13-6-3-9(7-14(13)25-2)15(21)19-16(26)18-12-5-4-10(20(22)23)8-11(12)17/h3-8H,1-2H3,(H2,18,19,21,26). The smallest absolute Gasteiger partial charge is 0.271 e. The Kier molecular flexibility index (Phi) is 6.31. The summed E-state index contributed by atoms with van der Waals surface area (Å²) in [6, 6.07) is 8.51. The maximum Gasteiger partial charge on any atom is 0.271 e. The molecule has 0 aliphatic carbocycles. The van der Waals surface area contributed by atoms with Crippen molar-refractivity contribution in [2.75, 3.05) is 19.5 Å². The van der Waals surface area contributed by atoms with Crippen molar-refractivity contribution in [2.45, 2.75) is 0 Å². The molecule has 2 N–H and O–H groups in total. The molecule has 10 heteroatoms. The number of anilines is 1. The van der Waals surface area contributed by atoms with E-state index in [1.807, 2.05) is 0 Å². The third-order valence-electron chi connectivity index (χ3n) is 3.28. The molecule has 0 radical (unpaired) electrons. The molecular weight excluding hydrogens is 382 g/mol. The van der Waals surface area contributed by atoms with E-state index in [0.29, 0.717) is 22.7 Å². The van der Waals surface area contributed by atoms with Crippen molar-refractivity contribution < 1.29 is 19.2 Å². The average molecular weight is 396 g/mol. The molecule has 0 bridgehead atoms. The number of ether oxygens (including phenoxy) is 2. The van der Waals surface area contributed by atoms with Gasteiger partial charge < -0.3 is 14.8 Å². The minimum Gasteiger partial charge on any atom is -0.493 e. The number of rotatable bonds is 5. The van der Waals surface area contributed by atoms with E-state index >= 15 is 0 Å². The first-order valence-corrected chi connectivity index (χ1v) is 7.92. The number of non-ortho nitro benzene ring substituents is 1. The topological polar surface area (TPSA) is 103 Å². The number of benzene rings is 2. The number of thiocarbonyl (C=S) groups is 1. The van der Waals surface area contributed by atoms with E-state index < -0.39 is 10.8 Å². The Balaban J connectivity index is 2.08. The Morgan fingerprint density at radius 2 is 1.85 bits per heavy atom. The molecule has 0 aliphatic heterocycles. The van der Waals surface area contributed by atoms with Crippen molar-refractivity contribution in [1.82, 2.24) is 5.32 Å². The number of halogens is 1. The van der Waals surface area contributed by atoms with Crippen LogP contribution in [0.5, 0.6) is 11.5 Å². The summed E-state index contributed by atoms with van der Waals surface area (Å²) in [5, 5.41) is 16.0. The van der Waals surface area contributed by atoms with Gasteiger partial charge in [0.05, 0.1) is 29.9 Å². The zero-order valence-electron chi connectivity index (χ0n) is 13.7. The summed E-state index contributed by atoms with van der Waals surface area (Å²) in [6.07, 6.45) is 0. The van der Waals surface area contributed by atoms with Crippen molar-refractivity contribution in [3.8, 4) is 11.5 Å². The molecule has 0 unspecified atom stereocenters. The first kappa shape index (κ1) is 19.4. The molecule has 8 nitrogen and oxygen atoms in total.